The number of hydrogen-bond donors (Lipinski definition) is 0. The van der Waals surface area contributed by atoms with Gasteiger partial charge in [0.05, 0.1) is 23.9 Å². The molecule has 19 heavy (non-hydrogen) atoms. The number of anilines is 1. The van der Waals surface area contributed by atoms with Gasteiger partial charge in [0, 0.05) is 44.3 Å². The Morgan fingerprint density at radius 1 is 1.32 bits per heavy atom. The van der Waals surface area contributed by atoms with E-state index in [-0.39, 0.29) is 0 Å². The molecule has 0 spiro atoms. The van der Waals surface area contributed by atoms with Gasteiger partial charge in [-0.05, 0) is 34.1 Å². The molecule has 0 radical (unpaired) electrons. The van der Waals surface area contributed by atoms with Crippen LogP contribution >= 0.6 is 15.9 Å². The van der Waals surface area contributed by atoms with Gasteiger partial charge in [-0.3, -0.25) is 4.90 Å². The van der Waals surface area contributed by atoms with E-state index < -0.39 is 0 Å². The standard InChI is InChI=1S/C14H18BrN3O/c1-19-9-8-17-4-6-18(7-5-17)14-3-2-12(11-16)10-13(14)15/h2-3,10H,4-9H2,1H3. The molecule has 0 atom stereocenters. The summed E-state index contributed by atoms with van der Waals surface area (Å²) in [5, 5.41) is 8.88. The molecule has 0 amide bonds. The van der Waals surface area contributed by atoms with Crippen molar-refractivity contribution < 1.29 is 4.74 Å². The Hall–Kier alpha value is -1.09. The van der Waals surface area contributed by atoms with Crippen LogP contribution in [0.3, 0.4) is 0 Å². The molecule has 0 aliphatic carbocycles. The second-order valence-electron chi connectivity index (χ2n) is 4.60. The van der Waals surface area contributed by atoms with E-state index in [1.165, 1.54) is 5.69 Å². The molecule has 0 aromatic heterocycles. The first-order valence-electron chi connectivity index (χ1n) is 6.40. The third-order valence-electron chi connectivity index (χ3n) is 3.40. The zero-order valence-corrected chi connectivity index (χ0v) is 12.7. The topological polar surface area (TPSA) is 39.5 Å². The lowest BCUT2D eigenvalue weighted by Gasteiger charge is -2.36. The lowest BCUT2D eigenvalue weighted by atomic mass is 10.2. The van der Waals surface area contributed by atoms with E-state index >= 15 is 0 Å². The maximum atomic E-state index is 8.88. The number of nitrogens with zero attached hydrogens (tertiary/aromatic N) is 3. The number of methoxy groups -OCH3 is 1. The van der Waals surface area contributed by atoms with Gasteiger partial charge in [0.2, 0.25) is 0 Å². The van der Waals surface area contributed by atoms with E-state index in [4.69, 9.17) is 10.00 Å². The number of rotatable bonds is 4. The smallest absolute Gasteiger partial charge is 0.0992 e. The van der Waals surface area contributed by atoms with Gasteiger partial charge in [0.15, 0.2) is 0 Å². The van der Waals surface area contributed by atoms with Crippen LogP contribution in [0.1, 0.15) is 5.56 Å². The zero-order valence-electron chi connectivity index (χ0n) is 11.1. The molecule has 2 rings (SSSR count). The van der Waals surface area contributed by atoms with Crippen LogP contribution in [0, 0.1) is 11.3 Å². The molecule has 5 heteroatoms. The minimum Gasteiger partial charge on any atom is -0.383 e. The molecule has 4 nitrogen and oxygen atoms in total. The molecule has 0 unspecified atom stereocenters. The summed E-state index contributed by atoms with van der Waals surface area (Å²) in [4.78, 5) is 4.77. The second kappa shape index (κ2) is 6.90. The van der Waals surface area contributed by atoms with Crippen molar-refractivity contribution in [3.63, 3.8) is 0 Å². The second-order valence-corrected chi connectivity index (χ2v) is 5.45. The van der Waals surface area contributed by atoms with Crippen molar-refractivity contribution in [1.82, 2.24) is 4.90 Å². The highest BCUT2D eigenvalue weighted by Gasteiger charge is 2.18. The van der Waals surface area contributed by atoms with Crippen LogP contribution in [0.4, 0.5) is 5.69 Å². The highest BCUT2D eigenvalue weighted by atomic mass is 79.9. The quantitative estimate of drug-likeness (QED) is 0.850. The Morgan fingerprint density at radius 2 is 2.05 bits per heavy atom. The van der Waals surface area contributed by atoms with Crippen LogP contribution in [0.2, 0.25) is 0 Å². The Balaban J connectivity index is 1.96. The summed E-state index contributed by atoms with van der Waals surface area (Å²) in [6, 6.07) is 7.93. The Morgan fingerprint density at radius 3 is 2.63 bits per heavy atom. The van der Waals surface area contributed by atoms with Gasteiger partial charge in [0.1, 0.15) is 0 Å². The Bertz CT molecular complexity index is 464. The minimum absolute atomic E-state index is 0.689. The Labute approximate surface area is 122 Å². The van der Waals surface area contributed by atoms with E-state index in [0.717, 1.165) is 43.8 Å². The third kappa shape index (κ3) is 3.69. The molecule has 1 heterocycles. The van der Waals surface area contributed by atoms with Gasteiger partial charge < -0.3 is 9.64 Å². The molecular weight excluding hydrogens is 306 g/mol. The van der Waals surface area contributed by atoms with E-state index in [1.807, 2.05) is 18.2 Å². The summed E-state index contributed by atoms with van der Waals surface area (Å²) in [5.41, 5.74) is 1.86. The van der Waals surface area contributed by atoms with Gasteiger partial charge in [0.25, 0.3) is 0 Å². The van der Waals surface area contributed by atoms with Crippen LogP contribution in [0.5, 0.6) is 0 Å². The van der Waals surface area contributed by atoms with Crippen molar-refractivity contribution in [1.29, 1.82) is 5.26 Å². The lowest BCUT2D eigenvalue weighted by molar-refractivity contribution is 0.144. The maximum Gasteiger partial charge on any atom is 0.0992 e. The fourth-order valence-corrected chi connectivity index (χ4v) is 2.90. The average Bonchev–Trinajstić information content (AvgIpc) is 2.45. The fraction of sp³-hybridized carbons (Fsp3) is 0.500. The number of halogens is 1. The third-order valence-corrected chi connectivity index (χ3v) is 4.04. The van der Waals surface area contributed by atoms with Crippen molar-refractivity contribution in [3.8, 4) is 6.07 Å². The first-order valence-corrected chi connectivity index (χ1v) is 7.20. The number of ether oxygens (including phenoxy) is 1. The normalized spacial score (nSPS) is 16.4. The molecule has 1 fully saturated rings. The molecule has 1 aromatic carbocycles. The van der Waals surface area contributed by atoms with Crippen molar-refractivity contribution in [3.05, 3.63) is 28.2 Å². The lowest BCUT2D eigenvalue weighted by Crippen LogP contribution is -2.47. The van der Waals surface area contributed by atoms with Gasteiger partial charge in [-0.25, -0.2) is 0 Å². The van der Waals surface area contributed by atoms with Crippen molar-refractivity contribution in [2.45, 2.75) is 0 Å². The Kier molecular flexibility index (Phi) is 5.20. The summed E-state index contributed by atoms with van der Waals surface area (Å²) < 4.78 is 6.10. The highest BCUT2D eigenvalue weighted by molar-refractivity contribution is 9.10. The van der Waals surface area contributed by atoms with E-state index in [9.17, 15) is 0 Å². The monoisotopic (exact) mass is 323 g/mol. The molecular formula is C14H18BrN3O. The average molecular weight is 324 g/mol. The highest BCUT2D eigenvalue weighted by Crippen LogP contribution is 2.28. The SMILES string of the molecule is COCCN1CCN(c2ccc(C#N)cc2Br)CC1. The molecule has 1 saturated heterocycles. The summed E-state index contributed by atoms with van der Waals surface area (Å²) >= 11 is 3.55. The number of nitriles is 1. The molecule has 0 bridgehead atoms. The summed E-state index contributed by atoms with van der Waals surface area (Å²) in [6.45, 7) is 5.91. The fourth-order valence-electron chi connectivity index (χ4n) is 2.27. The van der Waals surface area contributed by atoms with Crippen LogP contribution < -0.4 is 4.90 Å². The minimum atomic E-state index is 0.689. The summed E-state index contributed by atoms with van der Waals surface area (Å²) in [6.07, 6.45) is 0. The number of benzene rings is 1. The summed E-state index contributed by atoms with van der Waals surface area (Å²) in [7, 11) is 1.74. The first-order chi connectivity index (χ1) is 9.24. The number of hydrogen-bond acceptors (Lipinski definition) is 4. The summed E-state index contributed by atoms with van der Waals surface area (Å²) in [5.74, 6) is 0. The molecule has 0 N–H and O–H groups in total. The largest absolute Gasteiger partial charge is 0.383 e. The van der Waals surface area contributed by atoms with Crippen molar-refractivity contribution >= 4 is 21.6 Å². The van der Waals surface area contributed by atoms with Gasteiger partial charge >= 0.3 is 0 Å². The predicted molar refractivity (Wildman–Crippen MR) is 79.4 cm³/mol. The molecule has 1 aliphatic rings. The predicted octanol–water partition coefficient (Wildman–Crippen LogP) is 2.09. The van der Waals surface area contributed by atoms with Crippen molar-refractivity contribution in [2.75, 3.05) is 51.3 Å². The van der Waals surface area contributed by atoms with Gasteiger partial charge in [-0.15, -0.1) is 0 Å². The van der Waals surface area contributed by atoms with Crippen LogP contribution in [-0.4, -0.2) is 51.3 Å². The van der Waals surface area contributed by atoms with Gasteiger partial charge in [-0.1, -0.05) is 0 Å². The van der Waals surface area contributed by atoms with Crippen molar-refractivity contribution in [2.24, 2.45) is 0 Å². The molecule has 102 valence electrons. The molecule has 1 aromatic rings. The van der Waals surface area contributed by atoms with E-state index in [0.29, 0.717) is 5.56 Å². The van der Waals surface area contributed by atoms with Crippen LogP contribution in [-0.2, 0) is 4.74 Å². The molecule has 1 aliphatic heterocycles. The maximum absolute atomic E-state index is 8.88. The van der Waals surface area contributed by atoms with Crippen LogP contribution in [0.15, 0.2) is 22.7 Å². The zero-order chi connectivity index (χ0) is 13.7. The first kappa shape index (κ1) is 14.3. The number of piperazine rings is 1. The molecule has 0 saturated carbocycles. The van der Waals surface area contributed by atoms with E-state index in [2.05, 4.69) is 31.8 Å². The van der Waals surface area contributed by atoms with E-state index in [1.54, 1.807) is 7.11 Å². The van der Waals surface area contributed by atoms with Gasteiger partial charge in [-0.2, -0.15) is 5.26 Å². The van der Waals surface area contributed by atoms with Crippen LogP contribution in [0.25, 0.3) is 0 Å².